The maximum absolute atomic E-state index is 11.1. The van der Waals surface area contributed by atoms with Crippen molar-refractivity contribution in [2.75, 3.05) is 0 Å². The molecule has 0 aliphatic rings. The molecule has 0 N–H and O–H groups in total. The van der Waals surface area contributed by atoms with Gasteiger partial charge in [-0.3, -0.25) is 4.79 Å². The molecule has 1 rings (SSSR count). The van der Waals surface area contributed by atoms with Crippen molar-refractivity contribution >= 4 is 12.0 Å². The summed E-state index contributed by atoms with van der Waals surface area (Å²) in [5.41, 5.74) is 1.06. The van der Waals surface area contributed by atoms with Gasteiger partial charge in [0.05, 0.1) is 0 Å². The highest BCUT2D eigenvalue weighted by molar-refractivity contribution is 5.72. The summed E-state index contributed by atoms with van der Waals surface area (Å²) < 4.78 is 5.14. The highest BCUT2D eigenvalue weighted by Crippen LogP contribution is 2.15. The predicted octanol–water partition coefficient (Wildman–Crippen LogP) is 3.82. The molecule has 0 amide bonds. The number of hydrogen-bond donors (Lipinski definition) is 0. The van der Waals surface area contributed by atoms with E-state index < -0.39 is 0 Å². The van der Waals surface area contributed by atoms with E-state index in [1.165, 1.54) is 0 Å². The van der Waals surface area contributed by atoms with Crippen LogP contribution < -0.4 is 4.74 Å². The smallest absolute Gasteiger partial charge is 0.310 e. The van der Waals surface area contributed by atoms with E-state index in [0.717, 1.165) is 18.4 Å². The Kier molecular flexibility index (Phi) is 5.34. The summed E-state index contributed by atoms with van der Waals surface area (Å²) in [6.07, 6.45) is 6.78. The minimum absolute atomic E-state index is 0.199. The van der Waals surface area contributed by atoms with Crippen LogP contribution in [0.25, 0.3) is 6.08 Å². The Balaban J connectivity index is 2.67. The summed E-state index contributed by atoms with van der Waals surface area (Å²) in [6, 6.07) is 7.56. The molecule has 0 radical (unpaired) electrons. The minimum Gasteiger partial charge on any atom is -0.427 e. The first-order valence-electron chi connectivity index (χ1n) is 5.73. The molecule has 1 aromatic carbocycles. The van der Waals surface area contributed by atoms with Crippen molar-refractivity contribution in [2.24, 2.45) is 0 Å². The van der Waals surface area contributed by atoms with Gasteiger partial charge in [0.1, 0.15) is 5.75 Å². The molecule has 0 aliphatic heterocycles. The van der Waals surface area contributed by atoms with Gasteiger partial charge in [-0.05, 0) is 24.1 Å². The molecular formula is C14H18O2. The van der Waals surface area contributed by atoms with Crippen LogP contribution in [0.5, 0.6) is 5.75 Å². The van der Waals surface area contributed by atoms with Crippen LogP contribution in [0, 0.1) is 0 Å². The van der Waals surface area contributed by atoms with E-state index in [-0.39, 0.29) is 5.97 Å². The SMILES string of the molecule is CCC/C=C/c1cccc(OC(=O)CC)c1. The molecule has 86 valence electrons. The highest BCUT2D eigenvalue weighted by Gasteiger charge is 2.00. The van der Waals surface area contributed by atoms with Crippen LogP contribution in [-0.4, -0.2) is 5.97 Å². The van der Waals surface area contributed by atoms with E-state index in [9.17, 15) is 4.79 Å². The largest absolute Gasteiger partial charge is 0.427 e. The normalized spacial score (nSPS) is 10.6. The van der Waals surface area contributed by atoms with Crippen molar-refractivity contribution in [3.63, 3.8) is 0 Å². The quantitative estimate of drug-likeness (QED) is 0.555. The monoisotopic (exact) mass is 218 g/mol. The van der Waals surface area contributed by atoms with E-state index in [1.54, 1.807) is 13.0 Å². The molecule has 0 saturated heterocycles. The zero-order valence-corrected chi connectivity index (χ0v) is 9.90. The molecule has 0 heterocycles. The lowest BCUT2D eigenvalue weighted by Crippen LogP contribution is -2.05. The Hall–Kier alpha value is -1.57. The number of hydrogen-bond acceptors (Lipinski definition) is 2. The zero-order valence-electron chi connectivity index (χ0n) is 9.90. The summed E-state index contributed by atoms with van der Waals surface area (Å²) in [6.45, 7) is 3.93. The van der Waals surface area contributed by atoms with Gasteiger partial charge in [-0.15, -0.1) is 0 Å². The van der Waals surface area contributed by atoms with Crippen molar-refractivity contribution in [2.45, 2.75) is 33.1 Å². The van der Waals surface area contributed by atoms with E-state index in [0.29, 0.717) is 12.2 Å². The first-order valence-corrected chi connectivity index (χ1v) is 5.73. The van der Waals surface area contributed by atoms with Crippen LogP contribution in [0.1, 0.15) is 38.7 Å². The first kappa shape index (κ1) is 12.5. The fourth-order valence-electron chi connectivity index (χ4n) is 1.27. The van der Waals surface area contributed by atoms with E-state index in [2.05, 4.69) is 13.0 Å². The van der Waals surface area contributed by atoms with Crippen LogP contribution in [0.15, 0.2) is 30.3 Å². The lowest BCUT2D eigenvalue weighted by Gasteiger charge is -2.03. The van der Waals surface area contributed by atoms with E-state index >= 15 is 0 Å². The van der Waals surface area contributed by atoms with E-state index in [4.69, 9.17) is 4.74 Å². The van der Waals surface area contributed by atoms with Crippen LogP contribution in [0.3, 0.4) is 0 Å². The third-order valence-corrected chi connectivity index (χ3v) is 2.14. The molecule has 0 unspecified atom stereocenters. The summed E-state index contributed by atoms with van der Waals surface area (Å²) >= 11 is 0. The number of allylic oxidation sites excluding steroid dienone is 1. The Morgan fingerprint density at radius 1 is 1.38 bits per heavy atom. The average Bonchev–Trinajstić information content (AvgIpc) is 2.30. The van der Waals surface area contributed by atoms with Gasteiger partial charge in [-0.2, -0.15) is 0 Å². The number of esters is 1. The number of benzene rings is 1. The molecule has 0 aliphatic carbocycles. The molecule has 0 fully saturated rings. The Morgan fingerprint density at radius 2 is 2.19 bits per heavy atom. The molecule has 16 heavy (non-hydrogen) atoms. The van der Waals surface area contributed by atoms with Crippen LogP contribution in [-0.2, 0) is 4.79 Å². The third-order valence-electron chi connectivity index (χ3n) is 2.14. The number of carbonyl (C=O) groups excluding carboxylic acids is 1. The molecule has 0 saturated carbocycles. The third kappa shape index (κ3) is 4.30. The van der Waals surface area contributed by atoms with Crippen LogP contribution in [0.2, 0.25) is 0 Å². The molecule has 0 atom stereocenters. The summed E-state index contributed by atoms with van der Waals surface area (Å²) in [7, 11) is 0. The zero-order chi connectivity index (χ0) is 11.8. The molecule has 2 nitrogen and oxygen atoms in total. The fraction of sp³-hybridized carbons (Fsp3) is 0.357. The predicted molar refractivity (Wildman–Crippen MR) is 66.3 cm³/mol. The number of unbranched alkanes of at least 4 members (excludes halogenated alkanes) is 1. The molecule has 2 heteroatoms. The van der Waals surface area contributed by atoms with Crippen molar-refractivity contribution in [3.05, 3.63) is 35.9 Å². The lowest BCUT2D eigenvalue weighted by atomic mass is 10.2. The molecule has 0 aromatic heterocycles. The maximum Gasteiger partial charge on any atom is 0.310 e. The minimum atomic E-state index is -0.199. The number of carbonyl (C=O) groups is 1. The topological polar surface area (TPSA) is 26.3 Å². The first-order chi connectivity index (χ1) is 7.76. The average molecular weight is 218 g/mol. The lowest BCUT2D eigenvalue weighted by molar-refractivity contribution is -0.134. The van der Waals surface area contributed by atoms with Crippen molar-refractivity contribution < 1.29 is 9.53 Å². The second kappa shape index (κ2) is 6.83. The molecule has 1 aromatic rings. The Labute approximate surface area is 96.9 Å². The van der Waals surface area contributed by atoms with Crippen molar-refractivity contribution in [3.8, 4) is 5.75 Å². The van der Waals surface area contributed by atoms with Gasteiger partial charge in [-0.1, -0.05) is 44.6 Å². The highest BCUT2D eigenvalue weighted by atomic mass is 16.5. The Morgan fingerprint density at radius 3 is 2.88 bits per heavy atom. The number of ether oxygens (including phenoxy) is 1. The van der Waals surface area contributed by atoms with Gasteiger partial charge in [0, 0.05) is 6.42 Å². The molecule has 0 bridgehead atoms. The second-order valence-corrected chi connectivity index (χ2v) is 3.59. The van der Waals surface area contributed by atoms with Gasteiger partial charge < -0.3 is 4.74 Å². The Bertz CT molecular complexity index is 367. The fourth-order valence-corrected chi connectivity index (χ4v) is 1.27. The van der Waals surface area contributed by atoms with Gasteiger partial charge in [0.25, 0.3) is 0 Å². The summed E-state index contributed by atoms with van der Waals surface area (Å²) in [5.74, 6) is 0.417. The van der Waals surface area contributed by atoms with Crippen LogP contribution >= 0.6 is 0 Å². The number of rotatable bonds is 5. The van der Waals surface area contributed by atoms with Crippen molar-refractivity contribution in [1.82, 2.24) is 0 Å². The summed E-state index contributed by atoms with van der Waals surface area (Å²) in [5, 5.41) is 0. The molecular weight excluding hydrogens is 200 g/mol. The summed E-state index contributed by atoms with van der Waals surface area (Å²) in [4.78, 5) is 11.1. The second-order valence-electron chi connectivity index (χ2n) is 3.59. The maximum atomic E-state index is 11.1. The van der Waals surface area contributed by atoms with Gasteiger partial charge in [0.2, 0.25) is 0 Å². The van der Waals surface area contributed by atoms with Gasteiger partial charge in [-0.25, -0.2) is 0 Å². The van der Waals surface area contributed by atoms with Gasteiger partial charge >= 0.3 is 5.97 Å². The standard InChI is InChI=1S/C14H18O2/c1-3-5-6-8-12-9-7-10-13(11-12)16-14(15)4-2/h6-11H,3-5H2,1-2H3/b8-6+. The van der Waals surface area contributed by atoms with E-state index in [1.807, 2.05) is 24.3 Å². The van der Waals surface area contributed by atoms with Crippen LogP contribution in [0.4, 0.5) is 0 Å². The van der Waals surface area contributed by atoms with Gasteiger partial charge in [0.15, 0.2) is 0 Å². The van der Waals surface area contributed by atoms with Crippen molar-refractivity contribution in [1.29, 1.82) is 0 Å². The molecule has 0 spiro atoms.